The first-order valence-corrected chi connectivity index (χ1v) is 14.4. The summed E-state index contributed by atoms with van der Waals surface area (Å²) < 4.78 is 34.2. The number of carbonyl (C=O) groups is 2. The number of carbonyl (C=O) groups excluding carboxylic acids is 2. The third-order valence-electron chi connectivity index (χ3n) is 6.06. The van der Waals surface area contributed by atoms with E-state index in [4.69, 9.17) is 16.3 Å². The Hall–Kier alpha value is -3.56. The van der Waals surface area contributed by atoms with Crippen molar-refractivity contribution in [1.82, 2.24) is 10.2 Å². The Labute approximate surface area is 235 Å². The van der Waals surface area contributed by atoms with Gasteiger partial charge in [-0.05, 0) is 54.8 Å². The second-order valence-corrected chi connectivity index (χ2v) is 11.8. The van der Waals surface area contributed by atoms with Gasteiger partial charge >= 0.3 is 0 Å². The maximum atomic E-state index is 13.9. The Kier molecular flexibility index (Phi) is 10.4. The minimum absolute atomic E-state index is 0.0211. The first-order valence-electron chi connectivity index (χ1n) is 12.6. The van der Waals surface area contributed by atoms with E-state index in [9.17, 15) is 18.0 Å². The molecule has 8 nitrogen and oxygen atoms in total. The minimum atomic E-state index is -4.18. The SMILES string of the molecule is COc1ccccc1N(CC(=O)N(Cc1cccc(Cl)c1)[C@H](C)C(=O)NCC(C)C)S(=O)(=O)c1ccccc1. The van der Waals surface area contributed by atoms with Gasteiger partial charge in [-0.15, -0.1) is 0 Å². The molecule has 39 heavy (non-hydrogen) atoms. The predicted octanol–water partition coefficient (Wildman–Crippen LogP) is 4.73. The zero-order chi connectivity index (χ0) is 28.6. The molecule has 208 valence electrons. The molecule has 0 heterocycles. The lowest BCUT2D eigenvalue weighted by Crippen LogP contribution is -2.51. The van der Waals surface area contributed by atoms with E-state index in [0.717, 1.165) is 4.31 Å². The molecule has 0 aliphatic rings. The van der Waals surface area contributed by atoms with Crippen LogP contribution in [0.4, 0.5) is 5.69 Å². The second kappa shape index (κ2) is 13.5. The van der Waals surface area contributed by atoms with Crippen molar-refractivity contribution in [3.05, 3.63) is 89.4 Å². The molecule has 10 heteroatoms. The molecule has 0 bridgehead atoms. The summed E-state index contributed by atoms with van der Waals surface area (Å²) >= 11 is 6.18. The molecule has 3 rings (SSSR count). The van der Waals surface area contributed by atoms with Crippen molar-refractivity contribution in [2.45, 2.75) is 38.3 Å². The number of hydrogen-bond acceptors (Lipinski definition) is 5. The van der Waals surface area contributed by atoms with Crippen LogP contribution in [0.2, 0.25) is 5.02 Å². The van der Waals surface area contributed by atoms with E-state index in [1.807, 2.05) is 13.8 Å². The van der Waals surface area contributed by atoms with E-state index in [1.165, 1.54) is 24.1 Å². The lowest BCUT2D eigenvalue weighted by atomic mass is 10.1. The van der Waals surface area contributed by atoms with Gasteiger partial charge in [-0.25, -0.2) is 8.42 Å². The molecule has 0 aliphatic heterocycles. The van der Waals surface area contributed by atoms with Crippen molar-refractivity contribution in [1.29, 1.82) is 0 Å². The summed E-state index contributed by atoms with van der Waals surface area (Å²) in [5, 5.41) is 3.35. The van der Waals surface area contributed by atoms with Crippen LogP contribution in [0, 0.1) is 5.92 Å². The van der Waals surface area contributed by atoms with Crippen molar-refractivity contribution in [2.75, 3.05) is 24.5 Å². The number of rotatable bonds is 12. The summed E-state index contributed by atoms with van der Waals surface area (Å²) in [6.07, 6.45) is 0. The molecule has 1 atom stereocenters. The lowest BCUT2D eigenvalue weighted by Gasteiger charge is -2.32. The summed E-state index contributed by atoms with van der Waals surface area (Å²) in [4.78, 5) is 28.4. The fraction of sp³-hybridized carbons (Fsp3) is 0.310. The largest absolute Gasteiger partial charge is 0.495 e. The molecule has 1 N–H and O–H groups in total. The van der Waals surface area contributed by atoms with E-state index >= 15 is 0 Å². The average molecular weight is 572 g/mol. The second-order valence-electron chi connectivity index (χ2n) is 9.46. The Balaban J connectivity index is 2.04. The smallest absolute Gasteiger partial charge is 0.264 e. The van der Waals surface area contributed by atoms with Crippen LogP contribution in [0.25, 0.3) is 0 Å². The molecule has 0 aliphatic carbocycles. The van der Waals surface area contributed by atoms with Crippen LogP contribution in [0.1, 0.15) is 26.3 Å². The van der Waals surface area contributed by atoms with Gasteiger partial charge in [0.25, 0.3) is 10.0 Å². The normalized spacial score (nSPS) is 12.1. The lowest BCUT2D eigenvalue weighted by molar-refractivity contribution is -0.139. The molecule has 0 saturated heterocycles. The highest BCUT2D eigenvalue weighted by Crippen LogP contribution is 2.32. The molecule has 0 aromatic heterocycles. The van der Waals surface area contributed by atoms with Crippen LogP contribution < -0.4 is 14.4 Å². The maximum absolute atomic E-state index is 13.9. The van der Waals surface area contributed by atoms with E-state index in [2.05, 4.69) is 5.32 Å². The van der Waals surface area contributed by atoms with E-state index in [-0.39, 0.29) is 34.7 Å². The zero-order valence-corrected chi connectivity index (χ0v) is 24.1. The van der Waals surface area contributed by atoms with E-state index < -0.39 is 28.5 Å². The van der Waals surface area contributed by atoms with Crippen molar-refractivity contribution in [3.8, 4) is 5.75 Å². The monoisotopic (exact) mass is 571 g/mol. The average Bonchev–Trinajstić information content (AvgIpc) is 2.93. The standard InChI is InChI=1S/C29H34ClN3O5S/c1-21(2)18-31-29(35)22(3)32(19-23-11-10-12-24(30)17-23)28(34)20-33(26-15-8-9-16-27(26)38-4)39(36,37)25-13-6-5-7-14-25/h5-17,21-22H,18-20H2,1-4H3,(H,31,35)/t22-/m1/s1. The highest BCUT2D eigenvalue weighted by molar-refractivity contribution is 7.92. The van der Waals surface area contributed by atoms with Gasteiger partial charge in [0.1, 0.15) is 18.3 Å². The van der Waals surface area contributed by atoms with E-state index in [0.29, 0.717) is 17.1 Å². The van der Waals surface area contributed by atoms with E-state index in [1.54, 1.807) is 73.7 Å². The number of ether oxygens (including phenoxy) is 1. The molecule has 0 saturated carbocycles. The first kappa shape index (κ1) is 30.0. The molecular formula is C29H34ClN3O5S. The highest BCUT2D eigenvalue weighted by atomic mass is 35.5. The summed E-state index contributed by atoms with van der Waals surface area (Å²) in [5.41, 5.74) is 0.908. The maximum Gasteiger partial charge on any atom is 0.264 e. The fourth-order valence-electron chi connectivity index (χ4n) is 3.94. The van der Waals surface area contributed by atoms with Gasteiger partial charge in [-0.1, -0.05) is 67.9 Å². The Morgan fingerprint density at radius 1 is 0.949 bits per heavy atom. The molecule has 0 spiro atoms. The molecule has 3 aromatic rings. The van der Waals surface area contributed by atoms with Gasteiger partial charge < -0.3 is 15.0 Å². The van der Waals surface area contributed by atoms with Gasteiger partial charge in [-0.2, -0.15) is 0 Å². The summed E-state index contributed by atoms with van der Waals surface area (Å²) in [5.74, 6) is -0.398. The number of para-hydroxylation sites is 2. The molecule has 0 radical (unpaired) electrons. The van der Waals surface area contributed by atoms with Crippen molar-refractivity contribution in [2.24, 2.45) is 5.92 Å². The molecule has 0 fully saturated rings. The quantitative estimate of drug-likeness (QED) is 0.339. The third kappa shape index (κ3) is 7.74. The van der Waals surface area contributed by atoms with Crippen molar-refractivity contribution >= 4 is 39.1 Å². The van der Waals surface area contributed by atoms with Gasteiger partial charge in [-0.3, -0.25) is 13.9 Å². The number of methoxy groups -OCH3 is 1. The molecule has 3 aromatic carbocycles. The molecule has 0 unspecified atom stereocenters. The van der Waals surface area contributed by atoms with Crippen LogP contribution in [0.5, 0.6) is 5.75 Å². The Morgan fingerprint density at radius 3 is 2.26 bits per heavy atom. The highest BCUT2D eigenvalue weighted by Gasteiger charge is 2.33. The van der Waals surface area contributed by atoms with Crippen molar-refractivity contribution < 1.29 is 22.7 Å². The number of halogens is 1. The molecular weight excluding hydrogens is 538 g/mol. The van der Waals surface area contributed by atoms with Crippen LogP contribution in [-0.2, 0) is 26.2 Å². The minimum Gasteiger partial charge on any atom is -0.495 e. The predicted molar refractivity (Wildman–Crippen MR) is 153 cm³/mol. The summed E-state index contributed by atoms with van der Waals surface area (Å²) in [6, 6.07) is 20.5. The Bertz CT molecular complexity index is 1380. The van der Waals surface area contributed by atoms with Gasteiger partial charge in [0.2, 0.25) is 11.8 Å². The van der Waals surface area contributed by atoms with Gasteiger partial charge in [0.15, 0.2) is 0 Å². The summed E-state index contributed by atoms with van der Waals surface area (Å²) in [6.45, 7) is 5.51. The van der Waals surface area contributed by atoms with Crippen molar-refractivity contribution in [3.63, 3.8) is 0 Å². The first-order chi connectivity index (χ1) is 18.5. The molecule has 2 amide bonds. The van der Waals surface area contributed by atoms with Crippen LogP contribution in [0.3, 0.4) is 0 Å². The zero-order valence-electron chi connectivity index (χ0n) is 22.5. The number of nitrogens with zero attached hydrogens (tertiary/aromatic N) is 2. The summed E-state index contributed by atoms with van der Waals surface area (Å²) in [7, 11) is -2.75. The number of sulfonamides is 1. The number of anilines is 1. The van der Waals surface area contributed by atoms with Gasteiger partial charge in [0, 0.05) is 18.1 Å². The number of nitrogens with one attached hydrogen (secondary N) is 1. The Morgan fingerprint density at radius 2 is 1.62 bits per heavy atom. The van der Waals surface area contributed by atoms with Gasteiger partial charge in [0.05, 0.1) is 17.7 Å². The number of benzene rings is 3. The fourth-order valence-corrected chi connectivity index (χ4v) is 5.59. The number of hydrogen-bond donors (Lipinski definition) is 1. The van der Waals surface area contributed by atoms with Crippen LogP contribution in [0.15, 0.2) is 83.8 Å². The van der Waals surface area contributed by atoms with Crippen LogP contribution >= 0.6 is 11.6 Å². The number of amides is 2. The van der Waals surface area contributed by atoms with Crippen LogP contribution in [-0.4, -0.2) is 51.4 Å². The topological polar surface area (TPSA) is 96.0 Å². The third-order valence-corrected chi connectivity index (χ3v) is 8.07.